The van der Waals surface area contributed by atoms with Crippen LogP contribution in [-0.2, 0) is 6.54 Å². The van der Waals surface area contributed by atoms with Gasteiger partial charge >= 0.3 is 5.69 Å². The average Bonchev–Trinajstić information content (AvgIpc) is 2.71. The van der Waals surface area contributed by atoms with E-state index < -0.39 is 11.2 Å². The van der Waals surface area contributed by atoms with Crippen molar-refractivity contribution in [2.75, 3.05) is 24.2 Å². The van der Waals surface area contributed by atoms with Gasteiger partial charge in [-0.25, -0.2) is 4.79 Å². The van der Waals surface area contributed by atoms with Gasteiger partial charge in [0, 0.05) is 13.6 Å². The van der Waals surface area contributed by atoms with E-state index in [0.717, 1.165) is 31.4 Å². The van der Waals surface area contributed by atoms with E-state index in [2.05, 4.69) is 24.1 Å². The van der Waals surface area contributed by atoms with Gasteiger partial charge in [-0.05, 0) is 30.1 Å². The van der Waals surface area contributed by atoms with Crippen LogP contribution in [-0.4, -0.2) is 28.3 Å². The first-order chi connectivity index (χ1) is 13.9. The lowest BCUT2D eigenvalue weighted by atomic mass is 9.99. The number of hydrogen-bond acceptors (Lipinski definition) is 4. The Hall–Kier alpha value is -2.61. The van der Waals surface area contributed by atoms with E-state index >= 15 is 0 Å². The van der Waals surface area contributed by atoms with E-state index in [0.29, 0.717) is 11.0 Å². The summed E-state index contributed by atoms with van der Waals surface area (Å²) in [5.41, 5.74) is 6.21. The predicted octanol–water partition coefficient (Wildman–Crippen LogP) is 2.69. The first-order valence-electron chi connectivity index (χ1n) is 10.1. The topological polar surface area (TPSA) is 96.2 Å². The van der Waals surface area contributed by atoms with Gasteiger partial charge in [0.1, 0.15) is 11.5 Å². The molecule has 158 valence electrons. The predicted molar refractivity (Wildman–Crippen MR) is 124 cm³/mol. The highest BCUT2D eigenvalue weighted by molar-refractivity contribution is 7.80. The van der Waals surface area contributed by atoms with E-state index in [-0.39, 0.29) is 18.1 Å². The third-order valence-electron chi connectivity index (χ3n) is 5.12. The number of unbranched alkanes of at least 4 members (excludes halogenated alkanes) is 1. The maximum atomic E-state index is 12.5. The van der Waals surface area contributed by atoms with Crippen molar-refractivity contribution < 1.29 is 0 Å². The number of nitrogen functional groups attached to an aromatic ring is 1. The molecule has 1 heterocycles. The minimum atomic E-state index is -0.554. The Kier molecular flexibility index (Phi) is 8.45. The molecule has 0 aliphatic heterocycles. The maximum absolute atomic E-state index is 12.5. The number of nitrogens with two attached hydrogens (primary N) is 1. The van der Waals surface area contributed by atoms with E-state index in [1.165, 1.54) is 15.9 Å². The van der Waals surface area contributed by atoms with E-state index in [4.69, 9.17) is 18.0 Å². The fourth-order valence-electron chi connectivity index (χ4n) is 3.22. The number of hydrogen-bond donors (Lipinski definition) is 3. The van der Waals surface area contributed by atoms with Crippen LogP contribution in [0.4, 0.5) is 11.5 Å². The molecule has 0 unspecified atom stereocenters. The quantitative estimate of drug-likeness (QED) is 0.543. The molecular weight excluding hydrogens is 386 g/mol. The van der Waals surface area contributed by atoms with Gasteiger partial charge in [0.15, 0.2) is 5.11 Å². The van der Waals surface area contributed by atoms with Gasteiger partial charge in [-0.1, -0.05) is 63.4 Å². The zero-order valence-electron chi connectivity index (χ0n) is 17.4. The molecule has 0 aliphatic rings. The Bertz CT molecular complexity index is 923. The Labute approximate surface area is 176 Å². The summed E-state index contributed by atoms with van der Waals surface area (Å²) in [4.78, 5) is 28.7. The van der Waals surface area contributed by atoms with Crippen LogP contribution in [0.15, 0.2) is 39.9 Å². The molecular formula is C21H31N5O2S. The molecule has 1 aromatic heterocycles. The molecule has 0 amide bonds. The van der Waals surface area contributed by atoms with Crippen LogP contribution in [0.25, 0.3) is 0 Å². The molecule has 2 rings (SSSR count). The van der Waals surface area contributed by atoms with Crippen LogP contribution in [0.1, 0.15) is 45.1 Å². The fourth-order valence-corrected chi connectivity index (χ4v) is 3.39. The van der Waals surface area contributed by atoms with Crippen LogP contribution in [0.5, 0.6) is 0 Å². The summed E-state index contributed by atoms with van der Waals surface area (Å²) >= 11 is 5.48. The Morgan fingerprint density at radius 3 is 2.59 bits per heavy atom. The third-order valence-corrected chi connectivity index (χ3v) is 5.54. The number of benzene rings is 1. The molecule has 0 fully saturated rings. The molecule has 7 nitrogen and oxygen atoms in total. The van der Waals surface area contributed by atoms with E-state index in [1.807, 2.05) is 30.3 Å². The summed E-state index contributed by atoms with van der Waals surface area (Å²) in [5, 5.41) is 3.65. The molecule has 0 bridgehead atoms. The number of rotatable bonds is 9. The van der Waals surface area contributed by atoms with Crippen molar-refractivity contribution in [3.05, 3.63) is 56.7 Å². The normalized spacial score (nSPS) is 11.8. The smallest absolute Gasteiger partial charge is 0.330 e. The van der Waals surface area contributed by atoms with Crippen LogP contribution in [0.2, 0.25) is 0 Å². The highest BCUT2D eigenvalue weighted by Gasteiger charge is 2.19. The lowest BCUT2D eigenvalue weighted by molar-refractivity contribution is 0.446. The Morgan fingerprint density at radius 1 is 1.28 bits per heavy atom. The number of H-pyrrole nitrogens is 1. The van der Waals surface area contributed by atoms with Crippen LogP contribution >= 0.6 is 12.2 Å². The zero-order chi connectivity index (χ0) is 21.4. The minimum Gasteiger partial charge on any atom is -0.383 e. The van der Waals surface area contributed by atoms with Crippen molar-refractivity contribution in [2.45, 2.75) is 46.1 Å². The second kappa shape index (κ2) is 10.8. The van der Waals surface area contributed by atoms with Gasteiger partial charge in [0.2, 0.25) is 0 Å². The Morgan fingerprint density at radius 2 is 1.97 bits per heavy atom. The number of anilines is 2. The van der Waals surface area contributed by atoms with Crippen molar-refractivity contribution in [1.82, 2.24) is 14.9 Å². The molecule has 29 heavy (non-hydrogen) atoms. The van der Waals surface area contributed by atoms with Gasteiger partial charge in [-0.2, -0.15) is 0 Å². The highest BCUT2D eigenvalue weighted by atomic mass is 32.1. The van der Waals surface area contributed by atoms with Crippen LogP contribution in [0, 0.1) is 5.92 Å². The third kappa shape index (κ3) is 5.93. The van der Waals surface area contributed by atoms with Gasteiger partial charge in [-0.3, -0.25) is 14.3 Å². The summed E-state index contributed by atoms with van der Waals surface area (Å²) in [5.74, 6) is 0.608. The zero-order valence-corrected chi connectivity index (χ0v) is 18.2. The SMILES string of the molecule is CCCC[C@@H](CC)CNC(=S)N(C)c1c(N)n(Cc2ccccc2)c(=O)[nH]c1=O. The van der Waals surface area contributed by atoms with Crippen molar-refractivity contribution in [3.8, 4) is 0 Å². The molecule has 1 aromatic carbocycles. The molecule has 0 saturated heterocycles. The van der Waals surface area contributed by atoms with Gasteiger partial charge in [0.05, 0.1) is 6.54 Å². The van der Waals surface area contributed by atoms with E-state index in [1.54, 1.807) is 7.05 Å². The van der Waals surface area contributed by atoms with Crippen molar-refractivity contribution >= 4 is 28.8 Å². The summed E-state index contributed by atoms with van der Waals surface area (Å²) in [6.45, 7) is 5.34. The molecule has 0 radical (unpaired) electrons. The van der Waals surface area contributed by atoms with Crippen molar-refractivity contribution in [1.29, 1.82) is 0 Å². The van der Waals surface area contributed by atoms with Crippen LogP contribution < -0.4 is 27.2 Å². The first-order valence-corrected chi connectivity index (χ1v) is 10.5. The number of nitrogens with one attached hydrogen (secondary N) is 2. The molecule has 2 aromatic rings. The van der Waals surface area contributed by atoms with Crippen molar-refractivity contribution in [3.63, 3.8) is 0 Å². The molecule has 0 spiro atoms. The Balaban J connectivity index is 2.22. The number of aromatic nitrogens is 2. The minimum absolute atomic E-state index is 0.0901. The molecule has 0 saturated carbocycles. The second-order valence-corrected chi connectivity index (χ2v) is 7.61. The van der Waals surface area contributed by atoms with E-state index in [9.17, 15) is 9.59 Å². The fraction of sp³-hybridized carbons (Fsp3) is 0.476. The molecule has 8 heteroatoms. The average molecular weight is 418 g/mol. The number of nitrogens with zero attached hydrogens (tertiary/aromatic N) is 2. The summed E-state index contributed by atoms with van der Waals surface area (Å²) in [6.07, 6.45) is 4.54. The highest BCUT2D eigenvalue weighted by Crippen LogP contribution is 2.17. The molecule has 4 N–H and O–H groups in total. The van der Waals surface area contributed by atoms with Gasteiger partial charge in [-0.15, -0.1) is 0 Å². The lowest BCUT2D eigenvalue weighted by Crippen LogP contribution is -2.44. The summed E-state index contributed by atoms with van der Waals surface area (Å²) in [6, 6.07) is 9.46. The maximum Gasteiger partial charge on any atom is 0.330 e. The first kappa shape index (κ1) is 22.7. The van der Waals surface area contributed by atoms with Gasteiger partial charge < -0.3 is 16.0 Å². The lowest BCUT2D eigenvalue weighted by Gasteiger charge is -2.24. The number of aromatic amines is 1. The number of thiocarbonyl (C=S) groups is 1. The van der Waals surface area contributed by atoms with Crippen molar-refractivity contribution in [2.24, 2.45) is 5.92 Å². The van der Waals surface area contributed by atoms with Gasteiger partial charge in [0.25, 0.3) is 5.56 Å². The monoisotopic (exact) mass is 417 g/mol. The molecule has 0 aliphatic carbocycles. The standard InChI is InChI=1S/C21H31N5O2S/c1-4-6-10-15(5-2)13-23-21(29)25(3)17-18(22)26(20(28)24-19(17)27)14-16-11-8-7-9-12-16/h7-9,11-12,15H,4-6,10,13-14,22H2,1-3H3,(H,23,29)(H,24,27,28)/t15-/m1/s1. The largest absolute Gasteiger partial charge is 0.383 e. The van der Waals surface area contributed by atoms with Crippen LogP contribution in [0.3, 0.4) is 0 Å². The summed E-state index contributed by atoms with van der Waals surface area (Å²) in [7, 11) is 1.68. The molecule has 1 atom stereocenters. The summed E-state index contributed by atoms with van der Waals surface area (Å²) < 4.78 is 1.35. The second-order valence-electron chi connectivity index (χ2n) is 7.23.